The first-order valence-corrected chi connectivity index (χ1v) is 21.0. The van der Waals surface area contributed by atoms with E-state index >= 15 is 0 Å². The van der Waals surface area contributed by atoms with Crippen LogP contribution in [0.1, 0.15) is 226 Å². The molecule has 47 heavy (non-hydrogen) atoms. The number of amides is 1. The molecule has 0 radical (unpaired) electrons. The average molecular weight is 666 g/mol. The third-order valence-corrected chi connectivity index (χ3v) is 9.88. The van der Waals surface area contributed by atoms with Crippen LogP contribution in [-0.2, 0) is 4.79 Å². The lowest BCUT2D eigenvalue weighted by Crippen LogP contribution is -2.49. The SMILES string of the molecule is CCCCCCCC/C=C\CCCCC(O)C(=O)NC(CO)C(O)CCCCCCCCCCCCCCCCCCCCCCC. The molecule has 0 rings (SSSR count). The summed E-state index contributed by atoms with van der Waals surface area (Å²) in [5.74, 6) is -0.486. The maximum absolute atomic E-state index is 12.4. The van der Waals surface area contributed by atoms with Crippen LogP contribution in [0.5, 0.6) is 0 Å². The van der Waals surface area contributed by atoms with Crippen molar-refractivity contribution in [2.24, 2.45) is 0 Å². The maximum atomic E-state index is 12.4. The molecule has 0 aliphatic rings. The highest BCUT2D eigenvalue weighted by atomic mass is 16.3. The molecule has 0 saturated carbocycles. The molecule has 0 aromatic rings. The Balaban J connectivity index is 3.60. The second-order valence-electron chi connectivity index (χ2n) is 14.6. The van der Waals surface area contributed by atoms with Crippen LogP contribution in [-0.4, -0.2) is 46.1 Å². The van der Waals surface area contributed by atoms with Gasteiger partial charge in [-0.05, 0) is 38.5 Å². The van der Waals surface area contributed by atoms with Gasteiger partial charge in [0.2, 0.25) is 5.91 Å². The van der Waals surface area contributed by atoms with Crippen LogP contribution in [0, 0.1) is 0 Å². The van der Waals surface area contributed by atoms with Crippen LogP contribution in [0.4, 0.5) is 0 Å². The second kappa shape index (κ2) is 37.9. The molecule has 0 aromatic carbocycles. The van der Waals surface area contributed by atoms with E-state index < -0.39 is 24.2 Å². The smallest absolute Gasteiger partial charge is 0.249 e. The lowest BCUT2D eigenvalue weighted by Gasteiger charge is -2.23. The first kappa shape index (κ1) is 46.1. The Morgan fingerprint density at radius 2 is 0.809 bits per heavy atom. The number of rotatable bonds is 38. The minimum atomic E-state index is -1.09. The summed E-state index contributed by atoms with van der Waals surface area (Å²) in [6.07, 6.45) is 43.6. The van der Waals surface area contributed by atoms with E-state index in [1.165, 1.54) is 161 Å². The van der Waals surface area contributed by atoms with Gasteiger partial charge in [0.1, 0.15) is 6.10 Å². The van der Waals surface area contributed by atoms with Crippen LogP contribution >= 0.6 is 0 Å². The van der Waals surface area contributed by atoms with E-state index in [2.05, 4.69) is 31.3 Å². The minimum absolute atomic E-state index is 0.317. The summed E-state index contributed by atoms with van der Waals surface area (Å²) in [5.41, 5.74) is 0. The van der Waals surface area contributed by atoms with Crippen molar-refractivity contribution in [1.82, 2.24) is 5.32 Å². The molecule has 5 heteroatoms. The standard InChI is InChI=1S/C42H83NO4/c1-3-5-7-9-11-13-15-17-18-19-20-21-22-23-24-25-27-28-30-32-34-36-40(45)39(38-44)43-42(47)41(46)37-35-33-31-29-26-16-14-12-10-8-6-4-2/h26,29,39-41,44-46H,3-25,27-28,30-38H2,1-2H3,(H,43,47)/b29-26-. The van der Waals surface area contributed by atoms with Crippen LogP contribution < -0.4 is 5.32 Å². The molecule has 0 saturated heterocycles. The van der Waals surface area contributed by atoms with Crippen LogP contribution in [0.25, 0.3) is 0 Å². The number of allylic oxidation sites excluding steroid dienone is 2. The van der Waals surface area contributed by atoms with Crippen molar-refractivity contribution in [3.8, 4) is 0 Å². The summed E-state index contributed by atoms with van der Waals surface area (Å²) < 4.78 is 0. The number of unbranched alkanes of at least 4 members (excludes halogenated alkanes) is 28. The van der Waals surface area contributed by atoms with E-state index in [9.17, 15) is 20.1 Å². The molecule has 0 aliphatic heterocycles. The molecule has 280 valence electrons. The molecule has 5 nitrogen and oxygen atoms in total. The molecule has 3 atom stereocenters. The zero-order chi connectivity index (χ0) is 34.5. The monoisotopic (exact) mass is 666 g/mol. The number of carbonyl (C=O) groups excluding carboxylic acids is 1. The molecule has 0 spiro atoms. The first-order valence-electron chi connectivity index (χ1n) is 21.0. The largest absolute Gasteiger partial charge is 0.394 e. The van der Waals surface area contributed by atoms with E-state index in [-0.39, 0.29) is 6.61 Å². The normalized spacial score (nSPS) is 13.7. The summed E-state index contributed by atoms with van der Waals surface area (Å²) in [6, 6.07) is -0.716. The zero-order valence-corrected chi connectivity index (χ0v) is 31.7. The van der Waals surface area contributed by atoms with Crippen LogP contribution in [0.15, 0.2) is 12.2 Å². The van der Waals surface area contributed by atoms with Gasteiger partial charge in [-0.3, -0.25) is 4.79 Å². The molecule has 0 fully saturated rings. The lowest BCUT2D eigenvalue weighted by atomic mass is 10.0. The van der Waals surface area contributed by atoms with Crippen molar-refractivity contribution in [3.05, 3.63) is 12.2 Å². The first-order chi connectivity index (χ1) is 23.1. The molecular weight excluding hydrogens is 582 g/mol. The van der Waals surface area contributed by atoms with Crippen molar-refractivity contribution in [3.63, 3.8) is 0 Å². The fourth-order valence-corrected chi connectivity index (χ4v) is 6.54. The number of aliphatic hydroxyl groups is 3. The fraction of sp³-hybridized carbons (Fsp3) is 0.929. The Morgan fingerprint density at radius 1 is 0.489 bits per heavy atom. The summed E-state index contributed by atoms with van der Waals surface area (Å²) >= 11 is 0. The Hall–Kier alpha value is -0.910. The van der Waals surface area contributed by atoms with Gasteiger partial charge in [0.05, 0.1) is 18.8 Å². The van der Waals surface area contributed by atoms with Gasteiger partial charge in [0.15, 0.2) is 0 Å². The molecule has 3 unspecified atom stereocenters. The molecule has 0 aliphatic carbocycles. The van der Waals surface area contributed by atoms with Crippen molar-refractivity contribution in [1.29, 1.82) is 0 Å². The topological polar surface area (TPSA) is 89.8 Å². The van der Waals surface area contributed by atoms with Gasteiger partial charge in [-0.15, -0.1) is 0 Å². The molecule has 0 aromatic heterocycles. The third kappa shape index (κ3) is 33.4. The van der Waals surface area contributed by atoms with E-state index in [1.54, 1.807) is 0 Å². The van der Waals surface area contributed by atoms with Gasteiger partial charge in [0, 0.05) is 0 Å². The van der Waals surface area contributed by atoms with Gasteiger partial charge in [-0.1, -0.05) is 199 Å². The lowest BCUT2D eigenvalue weighted by molar-refractivity contribution is -0.131. The molecule has 4 N–H and O–H groups in total. The van der Waals surface area contributed by atoms with Crippen molar-refractivity contribution >= 4 is 5.91 Å². The zero-order valence-electron chi connectivity index (χ0n) is 31.7. The van der Waals surface area contributed by atoms with Crippen molar-refractivity contribution < 1.29 is 20.1 Å². The highest BCUT2D eigenvalue weighted by Gasteiger charge is 2.23. The van der Waals surface area contributed by atoms with E-state index in [0.717, 1.165) is 38.5 Å². The minimum Gasteiger partial charge on any atom is -0.394 e. The summed E-state index contributed by atoms with van der Waals surface area (Å²) in [7, 11) is 0. The number of nitrogens with one attached hydrogen (secondary N) is 1. The summed E-state index contributed by atoms with van der Waals surface area (Å²) in [6.45, 7) is 4.21. The van der Waals surface area contributed by atoms with Gasteiger partial charge in [0.25, 0.3) is 0 Å². The molecule has 1 amide bonds. The predicted molar refractivity (Wildman–Crippen MR) is 204 cm³/mol. The average Bonchev–Trinajstić information content (AvgIpc) is 3.07. The number of hydrogen-bond donors (Lipinski definition) is 4. The number of aliphatic hydroxyl groups excluding tert-OH is 3. The molecule has 0 heterocycles. The van der Waals surface area contributed by atoms with Crippen molar-refractivity contribution in [2.45, 2.75) is 244 Å². The Bertz CT molecular complexity index is 655. The van der Waals surface area contributed by atoms with Crippen LogP contribution in [0.2, 0.25) is 0 Å². The Kier molecular flexibility index (Phi) is 37.2. The third-order valence-electron chi connectivity index (χ3n) is 9.88. The van der Waals surface area contributed by atoms with Gasteiger partial charge >= 0.3 is 0 Å². The van der Waals surface area contributed by atoms with E-state index in [1.807, 2.05) is 0 Å². The molecule has 0 bridgehead atoms. The second-order valence-corrected chi connectivity index (χ2v) is 14.6. The number of carbonyl (C=O) groups is 1. The highest BCUT2D eigenvalue weighted by Crippen LogP contribution is 2.16. The Labute approximate surface area is 293 Å². The van der Waals surface area contributed by atoms with Crippen molar-refractivity contribution in [2.75, 3.05) is 6.61 Å². The fourth-order valence-electron chi connectivity index (χ4n) is 6.54. The highest BCUT2D eigenvalue weighted by molar-refractivity contribution is 5.80. The van der Waals surface area contributed by atoms with Gasteiger partial charge in [-0.2, -0.15) is 0 Å². The maximum Gasteiger partial charge on any atom is 0.249 e. The van der Waals surface area contributed by atoms with E-state index in [0.29, 0.717) is 12.8 Å². The predicted octanol–water partition coefficient (Wildman–Crippen LogP) is 11.7. The summed E-state index contributed by atoms with van der Waals surface area (Å²) in [4.78, 5) is 12.4. The van der Waals surface area contributed by atoms with Gasteiger partial charge in [-0.25, -0.2) is 0 Å². The Morgan fingerprint density at radius 3 is 1.19 bits per heavy atom. The van der Waals surface area contributed by atoms with E-state index in [4.69, 9.17) is 0 Å². The number of hydrogen-bond acceptors (Lipinski definition) is 4. The summed E-state index contributed by atoms with van der Waals surface area (Å²) in [5, 5.41) is 33.2. The van der Waals surface area contributed by atoms with Crippen LogP contribution in [0.3, 0.4) is 0 Å². The van der Waals surface area contributed by atoms with Gasteiger partial charge < -0.3 is 20.6 Å². The quantitative estimate of drug-likeness (QED) is 0.0390. The molecular formula is C42H83NO4.